The molecule has 7 rings (SSSR count). The Hall–Kier alpha value is -2.60. The average Bonchev–Trinajstić information content (AvgIpc) is 4.07. The zero-order valence-electron chi connectivity index (χ0n) is 36.6. The van der Waals surface area contributed by atoms with E-state index >= 15 is 4.79 Å². The topological polar surface area (TPSA) is 150 Å². The summed E-state index contributed by atoms with van der Waals surface area (Å²) in [4.78, 5) is 76.9. The van der Waals surface area contributed by atoms with Crippen LogP contribution in [0.25, 0.3) is 0 Å². The van der Waals surface area contributed by atoms with E-state index in [2.05, 4.69) is 49.2 Å². The number of fused-ring (bicyclic) bond motifs is 2. The highest BCUT2D eigenvalue weighted by Crippen LogP contribution is 2.88. The van der Waals surface area contributed by atoms with E-state index in [9.17, 15) is 27.6 Å². The first-order chi connectivity index (χ1) is 27.1. The van der Waals surface area contributed by atoms with Crippen molar-refractivity contribution in [1.29, 1.82) is 0 Å². The van der Waals surface area contributed by atoms with Crippen molar-refractivity contribution in [1.82, 2.24) is 19.8 Å². The molecular formula is C46H72N4O7S. The summed E-state index contributed by atoms with van der Waals surface area (Å²) in [5.74, 6) is -2.45. The minimum atomic E-state index is -3.82. The van der Waals surface area contributed by atoms with Gasteiger partial charge in [-0.2, -0.15) is 0 Å². The highest BCUT2D eigenvalue weighted by Gasteiger charge is 2.85. The number of carbonyl (C=O) groups is 5. The Bertz CT molecular complexity index is 1810. The van der Waals surface area contributed by atoms with E-state index in [4.69, 9.17) is 0 Å². The standard InChI is InChI=1S/C46H72N4O7S/c1-9-30-26-44(30,40(55)48-58(56,57)31-18-19-31)28-36(52)34-27-46(43(7,8)45(46)21-16-22-45)29-50(34)39(54)32(41(2,3)4)25-35(51)37-42(5,6)20-13-10-11-14-23-49-24-15-12-17-33(49)38(53)47-37/h9,30-34,37H,1,10-29H2,2-8H3,(H,47,53)(H,48,55)/t30-,32-,33+,34+,37-,44-,46-/m1/s1. The van der Waals surface area contributed by atoms with Crippen molar-refractivity contribution in [2.24, 2.45) is 44.3 Å². The Morgan fingerprint density at radius 3 is 2.10 bits per heavy atom. The van der Waals surface area contributed by atoms with Crippen LogP contribution in [0.1, 0.15) is 158 Å². The van der Waals surface area contributed by atoms with Gasteiger partial charge < -0.3 is 10.2 Å². The van der Waals surface area contributed by atoms with Crippen molar-refractivity contribution in [2.75, 3.05) is 19.6 Å². The number of hydrogen-bond acceptors (Lipinski definition) is 8. The lowest BCUT2D eigenvalue weighted by Crippen LogP contribution is -2.58. The van der Waals surface area contributed by atoms with Gasteiger partial charge in [0.1, 0.15) is 0 Å². The van der Waals surface area contributed by atoms with Gasteiger partial charge >= 0.3 is 0 Å². The number of nitrogens with one attached hydrogen (secondary N) is 2. The summed E-state index contributed by atoms with van der Waals surface area (Å²) in [6.45, 7) is 20.7. The number of rotatable bonds is 11. The lowest BCUT2D eigenvalue weighted by Gasteiger charge is -2.41. The molecule has 0 aromatic rings. The fraction of sp³-hybridized carbons (Fsp3) is 0.848. The van der Waals surface area contributed by atoms with E-state index in [0.29, 0.717) is 32.2 Å². The number of allylic oxidation sites excluding steroid dienone is 1. The molecule has 0 radical (unpaired) electrons. The highest BCUT2D eigenvalue weighted by molar-refractivity contribution is 7.90. The van der Waals surface area contributed by atoms with Gasteiger partial charge in [-0.1, -0.05) is 86.6 Å². The van der Waals surface area contributed by atoms with Gasteiger partial charge in [0.15, 0.2) is 11.6 Å². The van der Waals surface area contributed by atoms with Gasteiger partial charge in [-0.15, -0.1) is 6.58 Å². The van der Waals surface area contributed by atoms with Crippen molar-refractivity contribution in [2.45, 2.75) is 181 Å². The van der Waals surface area contributed by atoms with E-state index in [1.54, 1.807) is 11.0 Å². The Labute approximate surface area is 348 Å². The number of likely N-dealkylation sites (tertiary alicyclic amines) is 1. The van der Waals surface area contributed by atoms with Gasteiger partial charge in [0.25, 0.3) is 0 Å². The number of ketones is 2. The monoisotopic (exact) mass is 825 g/mol. The molecule has 0 unspecified atom stereocenters. The third-order valence-corrected chi connectivity index (χ3v) is 18.9. The zero-order chi connectivity index (χ0) is 42.3. The third-order valence-electron chi connectivity index (χ3n) is 17.1. The molecule has 324 valence electrons. The molecule has 2 spiro atoms. The van der Waals surface area contributed by atoms with Gasteiger partial charge in [0, 0.05) is 30.7 Å². The number of sulfonamides is 1. The summed E-state index contributed by atoms with van der Waals surface area (Å²) in [5, 5.41) is 2.68. The number of piperidine rings is 1. The van der Waals surface area contributed by atoms with E-state index in [0.717, 1.165) is 83.7 Å². The van der Waals surface area contributed by atoms with Crippen LogP contribution in [-0.4, -0.2) is 90.5 Å². The summed E-state index contributed by atoms with van der Waals surface area (Å²) in [6, 6.07) is -1.82. The van der Waals surface area contributed by atoms with Crippen molar-refractivity contribution < 1.29 is 32.4 Å². The zero-order valence-corrected chi connectivity index (χ0v) is 37.4. The minimum absolute atomic E-state index is 0.0340. The second-order valence-electron chi connectivity index (χ2n) is 22.1. The van der Waals surface area contributed by atoms with E-state index < -0.39 is 55.4 Å². The number of nitrogens with zero attached hydrogens (tertiary/aromatic N) is 2. The van der Waals surface area contributed by atoms with Gasteiger partial charge in [0.2, 0.25) is 27.7 Å². The summed E-state index contributed by atoms with van der Waals surface area (Å²) in [6.07, 6.45) is 14.2. The number of amides is 3. The second kappa shape index (κ2) is 15.1. The van der Waals surface area contributed by atoms with Crippen LogP contribution in [-0.2, 0) is 34.0 Å². The predicted molar refractivity (Wildman–Crippen MR) is 224 cm³/mol. The first kappa shape index (κ1) is 43.5. The second-order valence-corrected chi connectivity index (χ2v) is 24.0. The lowest BCUT2D eigenvalue weighted by atomic mass is 9.71. The summed E-state index contributed by atoms with van der Waals surface area (Å²) < 4.78 is 28.1. The molecular weight excluding hydrogens is 753 g/mol. The summed E-state index contributed by atoms with van der Waals surface area (Å²) in [5.41, 5.74) is -2.72. The van der Waals surface area contributed by atoms with Crippen LogP contribution in [0.3, 0.4) is 0 Å². The van der Waals surface area contributed by atoms with Crippen LogP contribution in [0, 0.1) is 44.3 Å². The normalized spacial score (nSPS) is 35.0. The molecule has 4 saturated carbocycles. The molecule has 0 aromatic carbocycles. The number of Topliss-reactive ketones (excluding diaryl/α,β-unsaturated/α-hetero) is 2. The minimum Gasteiger partial charge on any atom is -0.344 e. The van der Waals surface area contributed by atoms with Gasteiger partial charge in [-0.05, 0) is 105 Å². The molecule has 11 nitrogen and oxygen atoms in total. The van der Waals surface area contributed by atoms with Crippen molar-refractivity contribution in [3.8, 4) is 0 Å². The summed E-state index contributed by atoms with van der Waals surface area (Å²) in [7, 11) is -3.82. The quantitative estimate of drug-likeness (QED) is 0.225. The molecule has 0 bridgehead atoms. The molecule has 7 aliphatic rings. The summed E-state index contributed by atoms with van der Waals surface area (Å²) >= 11 is 0. The Kier molecular flexibility index (Phi) is 11.3. The van der Waals surface area contributed by atoms with E-state index in [1.807, 2.05) is 20.8 Å². The van der Waals surface area contributed by atoms with Crippen LogP contribution < -0.4 is 10.0 Å². The molecule has 7 fully saturated rings. The molecule has 7 atom stereocenters. The molecule has 58 heavy (non-hydrogen) atoms. The molecule has 3 heterocycles. The third kappa shape index (κ3) is 7.33. The van der Waals surface area contributed by atoms with E-state index in [1.165, 1.54) is 0 Å². The van der Waals surface area contributed by atoms with Crippen LogP contribution in [0.4, 0.5) is 0 Å². The fourth-order valence-corrected chi connectivity index (χ4v) is 14.0. The molecule has 0 aromatic heterocycles. The molecule has 12 heteroatoms. The Morgan fingerprint density at radius 2 is 1.53 bits per heavy atom. The first-order valence-electron chi connectivity index (χ1n) is 22.7. The number of hydrogen-bond donors (Lipinski definition) is 2. The Morgan fingerprint density at radius 1 is 0.879 bits per heavy atom. The smallest absolute Gasteiger partial charge is 0.240 e. The van der Waals surface area contributed by atoms with Gasteiger partial charge in [-0.3, -0.25) is 33.6 Å². The number of carbonyl (C=O) groups excluding carboxylic acids is 5. The average molecular weight is 825 g/mol. The van der Waals surface area contributed by atoms with Crippen LogP contribution in [0.2, 0.25) is 0 Å². The van der Waals surface area contributed by atoms with Crippen LogP contribution >= 0.6 is 0 Å². The maximum atomic E-state index is 15.3. The maximum Gasteiger partial charge on any atom is 0.240 e. The SMILES string of the molecule is C=C[C@@H]1C[C@]1(CC(=O)[C@@H]1C[C@@]2(CN1C(=O)[C@@H](CC(=O)[C@H]1NC(=O)[C@@H]3CCCCN3CCCCCCC1(C)C)C(C)(C)C)C(C)(C)C21CCC1)C(=O)NS(=O)(=O)C1CC1. The molecule has 3 amide bonds. The van der Waals surface area contributed by atoms with Crippen molar-refractivity contribution >= 4 is 39.3 Å². The Balaban J connectivity index is 1.16. The molecule has 4 aliphatic carbocycles. The van der Waals surface area contributed by atoms with Crippen molar-refractivity contribution in [3.05, 3.63) is 12.7 Å². The maximum absolute atomic E-state index is 15.3. The van der Waals surface area contributed by atoms with Gasteiger partial charge in [-0.25, -0.2) is 8.42 Å². The first-order valence-corrected chi connectivity index (χ1v) is 24.2. The van der Waals surface area contributed by atoms with E-state index in [-0.39, 0.29) is 64.4 Å². The van der Waals surface area contributed by atoms with Gasteiger partial charge in [0.05, 0.1) is 28.8 Å². The van der Waals surface area contributed by atoms with Crippen LogP contribution in [0.15, 0.2) is 12.7 Å². The lowest BCUT2D eigenvalue weighted by molar-refractivity contribution is -0.147. The fourth-order valence-electron chi connectivity index (χ4n) is 12.6. The molecule has 3 aliphatic heterocycles. The molecule has 3 saturated heterocycles. The largest absolute Gasteiger partial charge is 0.344 e. The molecule has 2 N–H and O–H groups in total. The van der Waals surface area contributed by atoms with Crippen LogP contribution in [0.5, 0.6) is 0 Å². The highest BCUT2D eigenvalue weighted by atomic mass is 32.2. The van der Waals surface area contributed by atoms with Crippen molar-refractivity contribution in [3.63, 3.8) is 0 Å². The predicted octanol–water partition coefficient (Wildman–Crippen LogP) is 6.49.